The Balaban J connectivity index is 0.00000136. The van der Waals surface area contributed by atoms with Crippen LogP contribution in [0.4, 0.5) is 5.69 Å². The minimum absolute atomic E-state index is 0.424. The number of methoxy groups -OCH3 is 1. The Kier molecular flexibility index (Phi) is 6.49. The zero-order valence-electron chi connectivity index (χ0n) is 16.4. The largest absolute Gasteiger partial charge is 0.497 e. The molecule has 7 heteroatoms. The van der Waals surface area contributed by atoms with E-state index in [1.165, 1.54) is 0 Å². The molecule has 6 nitrogen and oxygen atoms in total. The fourth-order valence-electron chi connectivity index (χ4n) is 2.90. The van der Waals surface area contributed by atoms with Crippen LogP contribution >= 0.6 is 0 Å². The number of rotatable bonds is 5. The van der Waals surface area contributed by atoms with Gasteiger partial charge < -0.3 is 9.30 Å². The number of nitriles is 1. The highest BCUT2D eigenvalue weighted by molar-refractivity contribution is 7.95. The fourth-order valence-corrected chi connectivity index (χ4v) is 3.44. The number of aromatic nitrogens is 1. The molecule has 3 rings (SSSR count). The summed E-state index contributed by atoms with van der Waals surface area (Å²) in [5, 5.41) is 11.3. The summed E-state index contributed by atoms with van der Waals surface area (Å²) >= 11 is 0. The first-order chi connectivity index (χ1) is 13.4. The Hall–Kier alpha value is -3.24. The van der Waals surface area contributed by atoms with Gasteiger partial charge in [-0.15, -0.1) is 0 Å². The number of anilines is 1. The van der Waals surface area contributed by atoms with Crippen LogP contribution in [0.25, 0.3) is 22.2 Å². The zero-order chi connectivity index (χ0) is 20.9. The van der Waals surface area contributed by atoms with E-state index in [-0.39, 0.29) is 0 Å². The predicted molar refractivity (Wildman–Crippen MR) is 114 cm³/mol. The molecule has 0 unspecified atom stereocenters. The smallest absolute Gasteiger partial charge is 0.254 e. The molecule has 0 aliphatic carbocycles. The van der Waals surface area contributed by atoms with Gasteiger partial charge in [0.15, 0.2) is 0 Å². The Labute approximate surface area is 165 Å². The molecule has 0 fully saturated rings. The second kappa shape index (κ2) is 8.63. The molecule has 1 heterocycles. The third-order valence-electron chi connectivity index (χ3n) is 4.16. The average molecular weight is 398 g/mol. The normalized spacial score (nSPS) is 10.5. The number of hydrogen-bond donors (Lipinski definition) is 1. The van der Waals surface area contributed by atoms with Gasteiger partial charge in [-0.2, -0.15) is 5.26 Å². The van der Waals surface area contributed by atoms with Gasteiger partial charge in [0, 0.05) is 29.6 Å². The van der Waals surface area contributed by atoms with Crippen molar-refractivity contribution in [2.75, 3.05) is 11.8 Å². The molecule has 2 aromatic carbocycles. The second-order valence-electron chi connectivity index (χ2n) is 5.67. The molecule has 0 spiro atoms. The Morgan fingerprint density at radius 1 is 1.18 bits per heavy atom. The van der Waals surface area contributed by atoms with Gasteiger partial charge in [0.1, 0.15) is 11.8 Å². The van der Waals surface area contributed by atoms with E-state index >= 15 is 0 Å². The minimum atomic E-state index is -3.56. The SMILES string of the molecule is C=CS(=O)(=O)Nc1ccc(-c2c(C#N)c3ccc(OC)cc3n2C)cc1.CC. The Bertz CT molecular complexity index is 1140. The van der Waals surface area contributed by atoms with Gasteiger partial charge in [-0.05, 0) is 29.8 Å². The van der Waals surface area contributed by atoms with Crippen LogP contribution in [0.5, 0.6) is 5.75 Å². The zero-order valence-corrected chi connectivity index (χ0v) is 17.2. The first kappa shape index (κ1) is 21.1. The van der Waals surface area contributed by atoms with Crippen molar-refractivity contribution in [1.82, 2.24) is 4.57 Å². The summed E-state index contributed by atoms with van der Waals surface area (Å²) in [7, 11) is -0.0791. The summed E-state index contributed by atoms with van der Waals surface area (Å²) in [5.41, 5.74) is 3.43. The summed E-state index contributed by atoms with van der Waals surface area (Å²) in [5.74, 6) is 0.711. The lowest BCUT2D eigenvalue weighted by Gasteiger charge is -2.08. The third kappa shape index (κ3) is 4.02. The molecule has 0 atom stereocenters. The summed E-state index contributed by atoms with van der Waals surface area (Å²) in [6.45, 7) is 7.27. The number of fused-ring (bicyclic) bond motifs is 1. The average Bonchev–Trinajstić information content (AvgIpc) is 3.01. The molecule has 146 valence electrons. The summed E-state index contributed by atoms with van der Waals surface area (Å²) in [4.78, 5) is 0. The molecule has 0 aliphatic rings. The Morgan fingerprint density at radius 2 is 1.82 bits per heavy atom. The number of aryl methyl sites for hydroxylation is 1. The molecule has 1 N–H and O–H groups in total. The van der Waals surface area contributed by atoms with Gasteiger partial charge in [0.25, 0.3) is 10.0 Å². The van der Waals surface area contributed by atoms with Crippen LogP contribution in [-0.2, 0) is 17.1 Å². The van der Waals surface area contributed by atoms with Crippen LogP contribution in [-0.4, -0.2) is 20.1 Å². The maximum absolute atomic E-state index is 11.6. The van der Waals surface area contributed by atoms with E-state index < -0.39 is 10.0 Å². The van der Waals surface area contributed by atoms with Gasteiger partial charge in [-0.3, -0.25) is 4.72 Å². The standard InChI is InChI=1S/C19H17N3O3S.C2H6/c1-4-26(23,24)21-14-7-5-13(6-8-14)19-17(12-20)16-10-9-15(25-3)11-18(16)22(19)2;1-2/h4-11,21H,1H2,2-3H3;1-2H3. The van der Waals surface area contributed by atoms with Crippen molar-refractivity contribution in [3.8, 4) is 23.1 Å². The molecule has 3 aromatic rings. The maximum Gasteiger partial charge on any atom is 0.254 e. The maximum atomic E-state index is 11.6. The van der Waals surface area contributed by atoms with E-state index in [0.29, 0.717) is 17.0 Å². The molecule has 0 aliphatic heterocycles. The number of benzene rings is 2. The van der Waals surface area contributed by atoms with Crippen molar-refractivity contribution in [3.63, 3.8) is 0 Å². The quantitative estimate of drug-likeness (QED) is 0.680. The van der Waals surface area contributed by atoms with Gasteiger partial charge in [0.05, 0.1) is 23.9 Å². The monoisotopic (exact) mass is 397 g/mol. The van der Waals surface area contributed by atoms with E-state index in [4.69, 9.17) is 4.74 Å². The van der Waals surface area contributed by atoms with E-state index in [1.807, 2.05) is 43.7 Å². The molecule has 0 amide bonds. The molecule has 0 saturated heterocycles. The fraction of sp³-hybridized carbons (Fsp3) is 0.190. The molecule has 0 saturated carbocycles. The summed E-state index contributed by atoms with van der Waals surface area (Å²) in [6.07, 6.45) is 0. The van der Waals surface area contributed by atoms with Crippen molar-refractivity contribution in [2.24, 2.45) is 7.05 Å². The van der Waals surface area contributed by atoms with Crippen LogP contribution in [0.2, 0.25) is 0 Å². The lowest BCUT2D eigenvalue weighted by Crippen LogP contribution is -2.08. The van der Waals surface area contributed by atoms with Crippen molar-refractivity contribution in [2.45, 2.75) is 13.8 Å². The molecule has 0 bridgehead atoms. The molecule has 1 aromatic heterocycles. The van der Waals surface area contributed by atoms with Gasteiger partial charge >= 0.3 is 0 Å². The van der Waals surface area contributed by atoms with E-state index in [2.05, 4.69) is 17.4 Å². The highest BCUT2D eigenvalue weighted by Gasteiger charge is 2.17. The highest BCUT2D eigenvalue weighted by Crippen LogP contribution is 2.34. The van der Waals surface area contributed by atoms with Gasteiger partial charge in [0.2, 0.25) is 0 Å². The lowest BCUT2D eigenvalue weighted by molar-refractivity contribution is 0.415. The minimum Gasteiger partial charge on any atom is -0.497 e. The van der Waals surface area contributed by atoms with Crippen LogP contribution in [0.1, 0.15) is 19.4 Å². The van der Waals surface area contributed by atoms with Crippen molar-refractivity contribution < 1.29 is 13.2 Å². The van der Waals surface area contributed by atoms with E-state index in [9.17, 15) is 13.7 Å². The topological polar surface area (TPSA) is 84.1 Å². The predicted octanol–water partition coefficient (Wildman–Crippen LogP) is 4.64. The lowest BCUT2D eigenvalue weighted by atomic mass is 10.1. The third-order valence-corrected chi connectivity index (χ3v) is 5.12. The van der Waals surface area contributed by atoms with Crippen LogP contribution in [0, 0.1) is 11.3 Å². The molecule has 28 heavy (non-hydrogen) atoms. The molecular formula is C21H23N3O3S. The first-order valence-electron chi connectivity index (χ1n) is 8.72. The number of hydrogen-bond acceptors (Lipinski definition) is 4. The molecule has 0 radical (unpaired) electrons. The summed E-state index contributed by atoms with van der Waals surface area (Å²) in [6, 6.07) is 14.7. The highest BCUT2D eigenvalue weighted by atomic mass is 32.2. The van der Waals surface area contributed by atoms with E-state index in [1.54, 1.807) is 31.4 Å². The Morgan fingerprint density at radius 3 is 2.36 bits per heavy atom. The number of ether oxygens (including phenoxy) is 1. The number of nitrogens with zero attached hydrogens (tertiary/aromatic N) is 2. The van der Waals surface area contributed by atoms with Crippen molar-refractivity contribution >= 4 is 26.6 Å². The second-order valence-corrected chi connectivity index (χ2v) is 7.30. The van der Waals surface area contributed by atoms with Crippen LogP contribution < -0.4 is 9.46 Å². The number of sulfonamides is 1. The van der Waals surface area contributed by atoms with Crippen molar-refractivity contribution in [1.29, 1.82) is 5.26 Å². The van der Waals surface area contributed by atoms with Crippen LogP contribution in [0.3, 0.4) is 0 Å². The van der Waals surface area contributed by atoms with Gasteiger partial charge in [-0.1, -0.05) is 32.6 Å². The summed E-state index contributed by atoms with van der Waals surface area (Å²) < 4.78 is 32.7. The van der Waals surface area contributed by atoms with Gasteiger partial charge in [-0.25, -0.2) is 8.42 Å². The first-order valence-corrected chi connectivity index (χ1v) is 10.3. The van der Waals surface area contributed by atoms with Crippen LogP contribution in [0.15, 0.2) is 54.5 Å². The molecular weight excluding hydrogens is 374 g/mol. The van der Waals surface area contributed by atoms with E-state index in [0.717, 1.165) is 27.6 Å². The van der Waals surface area contributed by atoms with Crippen molar-refractivity contribution in [3.05, 3.63) is 60.0 Å². The number of nitrogens with one attached hydrogen (secondary N) is 1.